The molecular weight excluding hydrogens is 378 g/mol. The maximum Gasteiger partial charge on any atom is 0.246 e. The van der Waals surface area contributed by atoms with Gasteiger partial charge in [-0.05, 0) is 24.1 Å². The van der Waals surface area contributed by atoms with Gasteiger partial charge in [0.05, 0.1) is 5.69 Å². The fourth-order valence-corrected chi connectivity index (χ4v) is 3.83. The number of halogens is 1. The molecule has 7 heteroatoms. The maximum atomic E-state index is 11.5. The van der Waals surface area contributed by atoms with Crippen molar-refractivity contribution in [2.75, 3.05) is 12.8 Å². The van der Waals surface area contributed by atoms with E-state index in [1.165, 1.54) is 11.1 Å². The van der Waals surface area contributed by atoms with Gasteiger partial charge in [-0.15, -0.1) is 0 Å². The molecule has 0 atom stereocenters. The molecule has 0 radical (unpaired) electrons. The van der Waals surface area contributed by atoms with Crippen molar-refractivity contribution in [2.24, 2.45) is 0 Å². The van der Waals surface area contributed by atoms with Crippen molar-refractivity contribution in [3.05, 3.63) is 51.3 Å². The van der Waals surface area contributed by atoms with Gasteiger partial charge in [-0.3, -0.25) is 4.90 Å². The zero-order chi connectivity index (χ0) is 16.6. The average molecular weight is 396 g/mol. The third-order valence-corrected chi connectivity index (χ3v) is 5.52. The smallest absolute Gasteiger partial charge is 0.246 e. The van der Waals surface area contributed by atoms with Crippen molar-refractivity contribution in [1.29, 1.82) is 0 Å². The number of nitrogens with zero attached hydrogens (tertiary/aromatic N) is 3. The van der Waals surface area contributed by atoms with Crippen LogP contribution in [0.1, 0.15) is 22.4 Å². The summed E-state index contributed by atoms with van der Waals surface area (Å²) in [7, 11) is -3.35. The number of fused-ring (bicyclic) bond motifs is 1. The van der Waals surface area contributed by atoms with Gasteiger partial charge in [-0.25, -0.2) is 18.4 Å². The Morgan fingerprint density at radius 3 is 2.83 bits per heavy atom. The SMILES string of the molecule is Cc1ccc(CN2CCc3nc(S(C)(=O)=O)ncc3C2)c(Br)c1. The second-order valence-electron chi connectivity index (χ2n) is 5.95. The molecule has 23 heavy (non-hydrogen) atoms. The summed E-state index contributed by atoms with van der Waals surface area (Å²) < 4.78 is 24.2. The van der Waals surface area contributed by atoms with Crippen LogP contribution in [0.15, 0.2) is 34.0 Å². The van der Waals surface area contributed by atoms with Gasteiger partial charge < -0.3 is 0 Å². The standard InChI is InChI=1S/C16H18BrN3O2S/c1-11-3-4-12(14(17)7-11)9-20-6-5-15-13(10-20)8-18-16(19-15)23(2,21)22/h3-4,7-8H,5-6,9-10H2,1-2H3. The number of rotatable bonds is 3. The second kappa shape index (κ2) is 6.30. The van der Waals surface area contributed by atoms with Crippen molar-refractivity contribution in [3.63, 3.8) is 0 Å². The first-order valence-electron chi connectivity index (χ1n) is 7.35. The molecule has 0 saturated carbocycles. The van der Waals surface area contributed by atoms with Crippen LogP contribution in [0.5, 0.6) is 0 Å². The zero-order valence-electron chi connectivity index (χ0n) is 13.1. The lowest BCUT2D eigenvalue weighted by atomic mass is 10.1. The highest BCUT2D eigenvalue weighted by Crippen LogP contribution is 2.24. The summed E-state index contributed by atoms with van der Waals surface area (Å²) >= 11 is 3.62. The molecule has 122 valence electrons. The Morgan fingerprint density at radius 2 is 2.13 bits per heavy atom. The van der Waals surface area contributed by atoms with E-state index in [1.54, 1.807) is 6.20 Å². The molecule has 0 saturated heterocycles. The molecule has 2 heterocycles. The number of aryl methyl sites for hydroxylation is 1. The van der Waals surface area contributed by atoms with Crippen LogP contribution in [-0.4, -0.2) is 36.1 Å². The quantitative estimate of drug-likeness (QED) is 0.747. The monoisotopic (exact) mass is 395 g/mol. The predicted octanol–water partition coefficient (Wildman–Crippen LogP) is 2.51. The van der Waals surface area contributed by atoms with Crippen LogP contribution in [0.4, 0.5) is 0 Å². The number of benzene rings is 1. The topological polar surface area (TPSA) is 63.2 Å². The molecule has 0 unspecified atom stereocenters. The lowest BCUT2D eigenvalue weighted by Gasteiger charge is -2.28. The lowest BCUT2D eigenvalue weighted by Crippen LogP contribution is -2.31. The number of aromatic nitrogens is 2. The first kappa shape index (κ1) is 16.5. The van der Waals surface area contributed by atoms with Crippen molar-refractivity contribution >= 4 is 25.8 Å². The molecule has 1 aromatic carbocycles. The van der Waals surface area contributed by atoms with E-state index in [9.17, 15) is 8.42 Å². The third kappa shape index (κ3) is 3.79. The minimum absolute atomic E-state index is 0.0778. The Hall–Kier alpha value is -1.31. The normalized spacial score (nSPS) is 15.4. The Bertz CT molecular complexity index is 852. The van der Waals surface area contributed by atoms with Crippen LogP contribution in [-0.2, 0) is 29.3 Å². The van der Waals surface area contributed by atoms with Crippen LogP contribution in [0.25, 0.3) is 0 Å². The molecule has 2 aromatic rings. The highest BCUT2D eigenvalue weighted by atomic mass is 79.9. The van der Waals surface area contributed by atoms with Crippen molar-refractivity contribution in [2.45, 2.75) is 31.6 Å². The molecule has 1 aromatic heterocycles. The summed E-state index contributed by atoms with van der Waals surface area (Å²) in [5.74, 6) is 0. The largest absolute Gasteiger partial charge is 0.294 e. The highest BCUT2D eigenvalue weighted by molar-refractivity contribution is 9.10. The Morgan fingerprint density at radius 1 is 1.35 bits per heavy atom. The summed E-state index contributed by atoms with van der Waals surface area (Å²) in [5.41, 5.74) is 4.32. The van der Waals surface area contributed by atoms with Gasteiger partial charge in [0.1, 0.15) is 0 Å². The van der Waals surface area contributed by atoms with Gasteiger partial charge in [0.2, 0.25) is 15.0 Å². The fourth-order valence-electron chi connectivity index (χ4n) is 2.69. The van der Waals surface area contributed by atoms with Crippen molar-refractivity contribution < 1.29 is 8.42 Å². The summed E-state index contributed by atoms with van der Waals surface area (Å²) in [6.45, 7) is 4.50. The average Bonchev–Trinajstić information content (AvgIpc) is 2.48. The summed E-state index contributed by atoms with van der Waals surface area (Å²) in [4.78, 5) is 10.5. The molecule has 0 fully saturated rings. The molecule has 0 N–H and O–H groups in total. The van der Waals surface area contributed by atoms with E-state index in [1.807, 2.05) is 0 Å². The Balaban J connectivity index is 1.78. The van der Waals surface area contributed by atoms with Gasteiger partial charge in [0.15, 0.2) is 0 Å². The maximum absolute atomic E-state index is 11.5. The zero-order valence-corrected chi connectivity index (χ0v) is 15.5. The Kier molecular flexibility index (Phi) is 4.53. The van der Waals surface area contributed by atoms with E-state index < -0.39 is 9.84 Å². The molecule has 0 amide bonds. The van der Waals surface area contributed by atoms with Crippen molar-refractivity contribution in [3.8, 4) is 0 Å². The summed E-state index contributed by atoms with van der Waals surface area (Å²) in [6.07, 6.45) is 3.53. The van der Waals surface area contributed by atoms with E-state index >= 15 is 0 Å². The predicted molar refractivity (Wildman–Crippen MR) is 91.8 cm³/mol. The van der Waals surface area contributed by atoms with Crippen LogP contribution >= 0.6 is 15.9 Å². The molecule has 0 spiro atoms. The fraction of sp³-hybridized carbons (Fsp3) is 0.375. The molecule has 0 bridgehead atoms. The molecule has 1 aliphatic rings. The molecule has 0 aliphatic carbocycles. The van der Waals surface area contributed by atoms with Gasteiger partial charge in [0, 0.05) is 48.5 Å². The van der Waals surface area contributed by atoms with Gasteiger partial charge >= 0.3 is 0 Å². The van der Waals surface area contributed by atoms with Gasteiger partial charge in [-0.1, -0.05) is 28.1 Å². The minimum Gasteiger partial charge on any atom is -0.294 e. The van der Waals surface area contributed by atoms with E-state index in [0.29, 0.717) is 0 Å². The molecule has 1 aliphatic heterocycles. The van der Waals surface area contributed by atoms with Crippen molar-refractivity contribution in [1.82, 2.24) is 14.9 Å². The van der Waals surface area contributed by atoms with E-state index in [-0.39, 0.29) is 5.16 Å². The van der Waals surface area contributed by atoms with Crippen LogP contribution in [0.2, 0.25) is 0 Å². The van der Waals surface area contributed by atoms with Crippen LogP contribution in [0.3, 0.4) is 0 Å². The number of hydrogen-bond acceptors (Lipinski definition) is 5. The second-order valence-corrected chi connectivity index (χ2v) is 8.72. The first-order chi connectivity index (χ1) is 10.8. The Labute approximate surface area is 144 Å². The van der Waals surface area contributed by atoms with Gasteiger partial charge in [-0.2, -0.15) is 0 Å². The van der Waals surface area contributed by atoms with E-state index in [2.05, 4.69) is 55.9 Å². The summed E-state index contributed by atoms with van der Waals surface area (Å²) in [6, 6.07) is 6.37. The summed E-state index contributed by atoms with van der Waals surface area (Å²) in [5, 5.41) is -0.0778. The molecule has 3 rings (SSSR count). The first-order valence-corrected chi connectivity index (χ1v) is 10.0. The van der Waals surface area contributed by atoms with E-state index in [4.69, 9.17) is 0 Å². The van der Waals surface area contributed by atoms with E-state index in [0.717, 1.165) is 48.0 Å². The van der Waals surface area contributed by atoms with Crippen LogP contribution < -0.4 is 0 Å². The number of hydrogen-bond donors (Lipinski definition) is 0. The third-order valence-electron chi connectivity index (χ3n) is 3.93. The molecule has 5 nitrogen and oxygen atoms in total. The molecular formula is C16H18BrN3O2S. The number of sulfone groups is 1. The highest BCUT2D eigenvalue weighted by Gasteiger charge is 2.21. The van der Waals surface area contributed by atoms with Crippen LogP contribution in [0, 0.1) is 6.92 Å². The van der Waals surface area contributed by atoms with Gasteiger partial charge in [0.25, 0.3) is 0 Å². The minimum atomic E-state index is -3.35. The lowest BCUT2D eigenvalue weighted by molar-refractivity contribution is 0.241.